The van der Waals surface area contributed by atoms with Gasteiger partial charge in [-0.25, -0.2) is 8.78 Å². The molecule has 3 fully saturated rings. The van der Waals surface area contributed by atoms with Crippen LogP contribution < -0.4 is 0 Å². The van der Waals surface area contributed by atoms with Crippen molar-refractivity contribution in [2.24, 2.45) is 5.41 Å². The summed E-state index contributed by atoms with van der Waals surface area (Å²) in [5, 5.41) is 19.1. The van der Waals surface area contributed by atoms with Crippen LogP contribution in [0, 0.1) is 17.0 Å². The first-order valence-corrected chi connectivity index (χ1v) is 13.3. The molecule has 1 amide bonds. The van der Waals surface area contributed by atoms with Crippen molar-refractivity contribution < 1.29 is 23.4 Å². The Morgan fingerprint density at radius 3 is 2.56 bits per heavy atom. The van der Waals surface area contributed by atoms with E-state index in [0.717, 1.165) is 53.2 Å². The van der Waals surface area contributed by atoms with Gasteiger partial charge in [-0.05, 0) is 68.4 Å². The zero-order valence-electron chi connectivity index (χ0n) is 21.7. The number of aromatic nitrogens is 3. The number of amides is 1. The minimum Gasteiger partial charge on any atom is -0.384 e. The molecule has 1 atom stereocenters. The molecule has 39 heavy (non-hydrogen) atoms. The average molecular weight is 555 g/mol. The Kier molecular flexibility index (Phi) is 6.47. The third kappa shape index (κ3) is 4.15. The molecular formula is C29H32F2N4O3S. The van der Waals surface area contributed by atoms with Gasteiger partial charge in [0.15, 0.2) is 11.6 Å². The molecule has 2 saturated heterocycles. The zero-order chi connectivity index (χ0) is 26.2. The zero-order valence-corrected chi connectivity index (χ0v) is 22.7. The standard InChI is InChI=1S/C29H30F2N4O3.H2S/c1-16(36)28(37)34-14-29(15-34)11-19(12-29)26-21-10-24-18(13-32-33-24)8-25(21)35(20-2-3-22(30)23(31)9-20)27(26)17-4-6-38-7-5-17;/h2-3,8-10,13,16-17,19,36H,4-7,11-12,14-15H2,1H3,(H,32,33);1H2/t16-;/m0./s1. The topological polar surface area (TPSA) is 83.4 Å². The molecular weight excluding hydrogens is 522 g/mol. The number of likely N-dealkylation sites (tertiary alicyclic amines) is 1. The number of aliphatic hydroxyl groups excluding tert-OH is 1. The summed E-state index contributed by atoms with van der Waals surface area (Å²) in [5.41, 5.74) is 5.00. The highest BCUT2D eigenvalue weighted by Gasteiger charge is 2.55. The molecule has 0 bridgehead atoms. The first kappa shape index (κ1) is 26.3. The van der Waals surface area contributed by atoms with Crippen molar-refractivity contribution in [3.05, 3.63) is 59.4 Å². The molecule has 4 aromatic rings. The number of rotatable bonds is 4. The molecule has 1 saturated carbocycles. The number of hydrogen-bond acceptors (Lipinski definition) is 4. The molecule has 0 radical (unpaired) electrons. The van der Waals surface area contributed by atoms with E-state index in [4.69, 9.17) is 4.74 Å². The van der Waals surface area contributed by atoms with Gasteiger partial charge in [-0.15, -0.1) is 0 Å². The van der Waals surface area contributed by atoms with Crippen molar-refractivity contribution in [3.8, 4) is 5.69 Å². The summed E-state index contributed by atoms with van der Waals surface area (Å²) >= 11 is 0. The van der Waals surface area contributed by atoms with Crippen LogP contribution in [0.15, 0.2) is 36.5 Å². The number of nitrogens with zero attached hydrogens (tertiary/aromatic N) is 3. The Balaban J connectivity index is 0.00000277. The van der Waals surface area contributed by atoms with E-state index in [1.54, 1.807) is 17.2 Å². The molecule has 3 aliphatic rings. The van der Waals surface area contributed by atoms with Gasteiger partial charge < -0.3 is 19.3 Å². The van der Waals surface area contributed by atoms with Gasteiger partial charge in [0, 0.05) is 65.9 Å². The van der Waals surface area contributed by atoms with Crippen LogP contribution in [0.2, 0.25) is 0 Å². The van der Waals surface area contributed by atoms with Gasteiger partial charge in [0.05, 0.1) is 17.2 Å². The smallest absolute Gasteiger partial charge is 0.251 e. The van der Waals surface area contributed by atoms with E-state index in [1.807, 2.05) is 0 Å². The lowest BCUT2D eigenvalue weighted by molar-refractivity contribution is -0.159. The van der Waals surface area contributed by atoms with Gasteiger partial charge >= 0.3 is 0 Å². The van der Waals surface area contributed by atoms with Crippen LogP contribution in [0.4, 0.5) is 8.78 Å². The number of hydrogen-bond donors (Lipinski definition) is 2. The lowest BCUT2D eigenvalue weighted by Gasteiger charge is -2.59. The second-order valence-corrected chi connectivity index (χ2v) is 11.4. The van der Waals surface area contributed by atoms with Gasteiger partial charge in [0.2, 0.25) is 0 Å². The van der Waals surface area contributed by atoms with E-state index in [9.17, 15) is 18.7 Å². The van der Waals surface area contributed by atoms with Crippen LogP contribution in [0.25, 0.3) is 27.5 Å². The number of fused-ring (bicyclic) bond motifs is 2. The summed E-state index contributed by atoms with van der Waals surface area (Å²) < 4.78 is 36.3. The quantitative estimate of drug-likeness (QED) is 0.377. The molecule has 206 valence electrons. The Bertz CT molecular complexity index is 1560. The monoisotopic (exact) mass is 554 g/mol. The predicted molar refractivity (Wildman–Crippen MR) is 149 cm³/mol. The number of nitrogens with one attached hydrogen (secondary N) is 1. The number of carbonyl (C=O) groups excluding carboxylic acids is 1. The Morgan fingerprint density at radius 2 is 1.87 bits per heavy atom. The summed E-state index contributed by atoms with van der Waals surface area (Å²) in [5.74, 6) is -1.43. The van der Waals surface area contributed by atoms with Gasteiger partial charge in [-0.3, -0.25) is 9.89 Å². The van der Waals surface area contributed by atoms with Crippen molar-refractivity contribution >= 4 is 41.2 Å². The maximum Gasteiger partial charge on any atom is 0.251 e. The van der Waals surface area contributed by atoms with Crippen molar-refractivity contribution in [1.29, 1.82) is 0 Å². The van der Waals surface area contributed by atoms with Crippen LogP contribution in [0.5, 0.6) is 0 Å². The third-order valence-electron chi connectivity index (χ3n) is 8.86. The minimum absolute atomic E-state index is 0. The molecule has 2 N–H and O–H groups in total. The van der Waals surface area contributed by atoms with E-state index < -0.39 is 17.7 Å². The van der Waals surface area contributed by atoms with Crippen LogP contribution in [-0.2, 0) is 9.53 Å². The first-order valence-electron chi connectivity index (χ1n) is 13.3. The number of aromatic amines is 1. The predicted octanol–water partition coefficient (Wildman–Crippen LogP) is 4.88. The number of aliphatic hydroxyl groups is 1. The fraction of sp³-hybridized carbons (Fsp3) is 0.448. The van der Waals surface area contributed by atoms with Gasteiger partial charge in [-0.2, -0.15) is 18.6 Å². The van der Waals surface area contributed by atoms with Crippen molar-refractivity contribution in [2.75, 3.05) is 26.3 Å². The van der Waals surface area contributed by atoms with Crippen molar-refractivity contribution in [1.82, 2.24) is 19.7 Å². The third-order valence-corrected chi connectivity index (χ3v) is 8.86. The molecule has 7 nitrogen and oxygen atoms in total. The average Bonchev–Trinajstić information content (AvgIpc) is 3.45. The van der Waals surface area contributed by atoms with E-state index in [2.05, 4.69) is 26.9 Å². The van der Waals surface area contributed by atoms with Crippen molar-refractivity contribution in [3.63, 3.8) is 0 Å². The maximum atomic E-state index is 14.5. The Labute approximate surface area is 231 Å². The number of ether oxygens (including phenoxy) is 1. The van der Waals surface area contributed by atoms with E-state index in [0.29, 0.717) is 32.0 Å². The van der Waals surface area contributed by atoms with Crippen LogP contribution in [-0.4, -0.2) is 63.1 Å². The van der Waals surface area contributed by atoms with E-state index in [1.165, 1.54) is 24.6 Å². The second kappa shape index (κ2) is 9.60. The van der Waals surface area contributed by atoms with Gasteiger partial charge in [0.25, 0.3) is 5.91 Å². The first-order chi connectivity index (χ1) is 18.3. The van der Waals surface area contributed by atoms with Gasteiger partial charge in [-0.1, -0.05) is 0 Å². The molecule has 2 aromatic carbocycles. The number of H-pyrrole nitrogens is 1. The normalized spacial score (nSPS) is 20.2. The highest BCUT2D eigenvalue weighted by atomic mass is 32.1. The number of halogens is 2. The molecule has 2 aliphatic heterocycles. The summed E-state index contributed by atoms with van der Waals surface area (Å²) in [6.07, 6.45) is 4.43. The van der Waals surface area contributed by atoms with Crippen molar-refractivity contribution in [2.45, 2.75) is 50.5 Å². The van der Waals surface area contributed by atoms with E-state index >= 15 is 0 Å². The van der Waals surface area contributed by atoms with Gasteiger partial charge in [0.1, 0.15) is 6.10 Å². The largest absolute Gasteiger partial charge is 0.384 e. The van der Waals surface area contributed by atoms with E-state index in [-0.39, 0.29) is 36.7 Å². The highest BCUT2D eigenvalue weighted by molar-refractivity contribution is 7.59. The fourth-order valence-corrected chi connectivity index (χ4v) is 7.10. The van der Waals surface area contributed by atoms with Crippen LogP contribution >= 0.6 is 13.5 Å². The fourth-order valence-electron chi connectivity index (χ4n) is 7.10. The Hall–Kier alpha value is -2.95. The Morgan fingerprint density at radius 1 is 1.13 bits per heavy atom. The highest BCUT2D eigenvalue weighted by Crippen LogP contribution is 2.59. The van der Waals surface area contributed by atoms with Crippen LogP contribution in [0.1, 0.15) is 55.7 Å². The summed E-state index contributed by atoms with van der Waals surface area (Å²) in [6, 6.07) is 8.36. The maximum absolute atomic E-state index is 14.5. The molecule has 2 aromatic heterocycles. The molecule has 7 rings (SSSR count). The molecule has 1 aliphatic carbocycles. The summed E-state index contributed by atoms with van der Waals surface area (Å²) in [6.45, 7) is 4.19. The number of benzene rings is 2. The number of carbonyl (C=O) groups is 1. The minimum atomic E-state index is -0.978. The van der Waals surface area contributed by atoms with Crippen LogP contribution in [0.3, 0.4) is 0 Å². The summed E-state index contributed by atoms with van der Waals surface area (Å²) in [4.78, 5) is 14.0. The molecule has 0 unspecified atom stereocenters. The second-order valence-electron chi connectivity index (χ2n) is 11.4. The lowest BCUT2D eigenvalue weighted by atomic mass is 9.55. The lowest BCUT2D eigenvalue weighted by Crippen LogP contribution is -2.64. The molecule has 1 spiro atoms. The SMILES string of the molecule is C[C@H](O)C(=O)N1CC2(CC(c3c(C4CCOCC4)n(-c4ccc(F)c(F)c4)c4cc5cn[nH]c5cc34)C2)C1.S. The molecule has 4 heterocycles. The summed E-state index contributed by atoms with van der Waals surface area (Å²) in [7, 11) is 0. The molecule has 10 heteroatoms.